The van der Waals surface area contributed by atoms with Crippen LogP contribution in [0.2, 0.25) is 0 Å². The zero-order chi connectivity index (χ0) is 16.3. The van der Waals surface area contributed by atoms with Crippen molar-refractivity contribution in [2.45, 2.75) is 25.3 Å². The summed E-state index contributed by atoms with van der Waals surface area (Å²) < 4.78 is 4.51. The van der Waals surface area contributed by atoms with E-state index in [-0.39, 0.29) is 37.0 Å². The van der Waals surface area contributed by atoms with Crippen LogP contribution in [0.3, 0.4) is 0 Å². The maximum absolute atomic E-state index is 12.0. The largest absolute Gasteiger partial charge is 0.469 e. The Morgan fingerprint density at radius 2 is 1.77 bits per heavy atom. The molecule has 22 heavy (non-hydrogen) atoms. The number of ether oxygens (including phenoxy) is 1. The molecule has 0 aromatic carbocycles. The Balaban J connectivity index is 1.81. The molecule has 3 amide bonds. The Hall–Kier alpha value is -1.96. The molecular weight excluding hydrogens is 290 g/mol. The molecular formula is C14H21N3O5. The van der Waals surface area contributed by atoms with E-state index in [1.54, 1.807) is 4.90 Å². The van der Waals surface area contributed by atoms with E-state index in [1.807, 2.05) is 4.90 Å². The number of piperazine rings is 1. The number of likely N-dealkylation sites (N-methyl/N-ethyl adjacent to an activating group) is 1. The van der Waals surface area contributed by atoms with Gasteiger partial charge in [-0.3, -0.25) is 29.0 Å². The van der Waals surface area contributed by atoms with Gasteiger partial charge >= 0.3 is 5.97 Å². The number of likely N-dealkylation sites (tertiary alicyclic amines) is 1. The first kappa shape index (κ1) is 16.4. The number of carbonyl (C=O) groups is 4. The molecule has 2 saturated heterocycles. The Morgan fingerprint density at radius 3 is 2.27 bits per heavy atom. The summed E-state index contributed by atoms with van der Waals surface area (Å²) >= 11 is 0. The van der Waals surface area contributed by atoms with E-state index < -0.39 is 12.0 Å². The summed E-state index contributed by atoms with van der Waals surface area (Å²) in [6, 6.07) is -0.398. The van der Waals surface area contributed by atoms with Crippen LogP contribution >= 0.6 is 0 Å². The lowest BCUT2D eigenvalue weighted by atomic mass is 10.1. The highest BCUT2D eigenvalue weighted by Crippen LogP contribution is 2.19. The van der Waals surface area contributed by atoms with Crippen molar-refractivity contribution >= 4 is 23.7 Å². The van der Waals surface area contributed by atoms with Crippen LogP contribution in [0.5, 0.6) is 0 Å². The van der Waals surface area contributed by atoms with Crippen LogP contribution in [0.25, 0.3) is 0 Å². The van der Waals surface area contributed by atoms with Crippen molar-refractivity contribution in [1.29, 1.82) is 0 Å². The van der Waals surface area contributed by atoms with E-state index >= 15 is 0 Å². The van der Waals surface area contributed by atoms with Crippen LogP contribution < -0.4 is 0 Å². The summed E-state index contributed by atoms with van der Waals surface area (Å²) in [6.07, 6.45) is 0.428. The van der Waals surface area contributed by atoms with Crippen LogP contribution in [-0.2, 0) is 23.9 Å². The lowest BCUT2D eigenvalue weighted by Crippen LogP contribution is -2.53. The summed E-state index contributed by atoms with van der Waals surface area (Å²) in [7, 11) is 2.79. The number of amides is 3. The fourth-order valence-corrected chi connectivity index (χ4v) is 2.77. The maximum Gasteiger partial charge on any atom is 0.306 e. The van der Waals surface area contributed by atoms with Gasteiger partial charge in [-0.15, -0.1) is 0 Å². The predicted octanol–water partition coefficient (Wildman–Crippen LogP) is -1.16. The average molecular weight is 311 g/mol. The molecule has 1 unspecified atom stereocenters. The topological polar surface area (TPSA) is 87.2 Å². The smallest absolute Gasteiger partial charge is 0.306 e. The van der Waals surface area contributed by atoms with Crippen LogP contribution in [0, 0.1) is 0 Å². The number of methoxy groups -OCH3 is 1. The number of rotatable bonds is 4. The second-order valence-corrected chi connectivity index (χ2v) is 5.50. The Kier molecular flexibility index (Phi) is 5.12. The van der Waals surface area contributed by atoms with Gasteiger partial charge in [0, 0.05) is 39.6 Å². The summed E-state index contributed by atoms with van der Waals surface area (Å²) in [5.74, 6) is -0.817. The van der Waals surface area contributed by atoms with Gasteiger partial charge in [-0.1, -0.05) is 0 Å². The van der Waals surface area contributed by atoms with Crippen LogP contribution in [0.1, 0.15) is 19.3 Å². The molecule has 2 heterocycles. The first-order valence-electron chi connectivity index (χ1n) is 7.33. The highest BCUT2D eigenvalue weighted by Gasteiger charge is 2.40. The molecule has 0 aliphatic carbocycles. The molecule has 2 fully saturated rings. The van der Waals surface area contributed by atoms with Gasteiger partial charge in [0.1, 0.15) is 0 Å². The van der Waals surface area contributed by atoms with Crippen molar-refractivity contribution in [1.82, 2.24) is 14.7 Å². The lowest BCUT2D eigenvalue weighted by Gasteiger charge is -2.37. The third kappa shape index (κ3) is 3.44. The number of nitrogens with zero attached hydrogens (tertiary/aromatic N) is 3. The Labute approximate surface area is 129 Å². The van der Waals surface area contributed by atoms with Gasteiger partial charge in [0.25, 0.3) is 0 Å². The summed E-state index contributed by atoms with van der Waals surface area (Å²) in [4.78, 5) is 51.4. The number of esters is 1. The molecule has 0 radical (unpaired) electrons. The van der Waals surface area contributed by atoms with Crippen LogP contribution in [-0.4, -0.2) is 84.8 Å². The fourth-order valence-electron chi connectivity index (χ4n) is 2.77. The van der Waals surface area contributed by atoms with E-state index in [4.69, 9.17) is 0 Å². The number of carbonyl (C=O) groups excluding carboxylic acids is 4. The van der Waals surface area contributed by atoms with Crippen molar-refractivity contribution in [2.24, 2.45) is 0 Å². The minimum atomic E-state index is -0.398. The Bertz CT molecular complexity index is 485. The van der Waals surface area contributed by atoms with Crippen molar-refractivity contribution < 1.29 is 23.9 Å². The van der Waals surface area contributed by atoms with Crippen molar-refractivity contribution in [3.05, 3.63) is 0 Å². The highest BCUT2D eigenvalue weighted by atomic mass is 16.5. The molecule has 8 heteroatoms. The number of hydrogen-bond donors (Lipinski definition) is 0. The van der Waals surface area contributed by atoms with Gasteiger partial charge < -0.3 is 9.64 Å². The fraction of sp³-hybridized carbons (Fsp3) is 0.714. The number of imide groups is 1. The molecule has 1 atom stereocenters. The number of hydrogen-bond acceptors (Lipinski definition) is 6. The molecule has 2 aliphatic heterocycles. The average Bonchev–Trinajstić information content (AvgIpc) is 2.80. The molecule has 2 aliphatic rings. The zero-order valence-electron chi connectivity index (χ0n) is 12.9. The van der Waals surface area contributed by atoms with Gasteiger partial charge in [0.15, 0.2) is 0 Å². The molecule has 8 nitrogen and oxygen atoms in total. The SMILES string of the molecule is COC(=O)CCC(=O)N1CCN(C2CC(=O)N(C)C2=O)CC1. The van der Waals surface area contributed by atoms with Crippen molar-refractivity contribution in [3.63, 3.8) is 0 Å². The standard InChI is InChI=1S/C14H21N3O5/c1-15-12(19)9-10(14(15)21)16-5-7-17(8-6-16)11(18)3-4-13(20)22-2/h10H,3-9H2,1-2H3. The molecule has 0 bridgehead atoms. The van der Waals surface area contributed by atoms with E-state index in [1.165, 1.54) is 19.1 Å². The first-order chi connectivity index (χ1) is 10.4. The third-order valence-corrected chi connectivity index (χ3v) is 4.24. The van der Waals surface area contributed by atoms with E-state index in [9.17, 15) is 19.2 Å². The monoisotopic (exact) mass is 311 g/mol. The molecule has 2 rings (SSSR count). The maximum atomic E-state index is 12.0. The van der Waals surface area contributed by atoms with Gasteiger partial charge in [-0.2, -0.15) is 0 Å². The van der Waals surface area contributed by atoms with Gasteiger partial charge in [0.2, 0.25) is 17.7 Å². The van der Waals surface area contributed by atoms with Gasteiger partial charge in [-0.05, 0) is 0 Å². The summed E-state index contributed by atoms with van der Waals surface area (Å²) in [5, 5.41) is 0. The molecule has 0 spiro atoms. The molecule has 0 aromatic rings. The van der Waals surface area contributed by atoms with Gasteiger partial charge in [0.05, 0.1) is 26.0 Å². The predicted molar refractivity (Wildman–Crippen MR) is 75.6 cm³/mol. The third-order valence-electron chi connectivity index (χ3n) is 4.24. The first-order valence-corrected chi connectivity index (χ1v) is 7.33. The molecule has 0 aromatic heterocycles. The quantitative estimate of drug-likeness (QED) is 0.481. The van der Waals surface area contributed by atoms with Crippen molar-refractivity contribution in [2.75, 3.05) is 40.3 Å². The second-order valence-electron chi connectivity index (χ2n) is 5.50. The zero-order valence-corrected chi connectivity index (χ0v) is 12.9. The second kappa shape index (κ2) is 6.87. The lowest BCUT2D eigenvalue weighted by molar-refractivity contribution is -0.144. The van der Waals surface area contributed by atoms with E-state index in [0.717, 1.165) is 0 Å². The normalized spacial score (nSPS) is 23.1. The van der Waals surface area contributed by atoms with Gasteiger partial charge in [-0.25, -0.2) is 0 Å². The molecule has 0 saturated carbocycles. The minimum absolute atomic E-state index is 0.0793. The van der Waals surface area contributed by atoms with E-state index in [2.05, 4.69) is 4.74 Å². The molecule has 122 valence electrons. The van der Waals surface area contributed by atoms with Crippen LogP contribution in [0.4, 0.5) is 0 Å². The summed E-state index contributed by atoms with van der Waals surface area (Å²) in [6.45, 7) is 2.12. The molecule has 0 N–H and O–H groups in total. The summed E-state index contributed by atoms with van der Waals surface area (Å²) in [5.41, 5.74) is 0. The minimum Gasteiger partial charge on any atom is -0.469 e. The Morgan fingerprint density at radius 1 is 1.14 bits per heavy atom. The highest BCUT2D eigenvalue weighted by molar-refractivity contribution is 6.05. The van der Waals surface area contributed by atoms with Crippen LogP contribution in [0.15, 0.2) is 0 Å². The van der Waals surface area contributed by atoms with E-state index in [0.29, 0.717) is 26.2 Å². The van der Waals surface area contributed by atoms with Crippen molar-refractivity contribution in [3.8, 4) is 0 Å².